The Morgan fingerprint density at radius 3 is 2.27 bits per heavy atom. The number of aliphatic hydroxyl groups is 2. The van der Waals surface area contributed by atoms with Gasteiger partial charge in [0.25, 0.3) is 5.72 Å². The largest absolute Gasteiger partial charge is 0.478 e. The zero-order valence-electron chi connectivity index (χ0n) is 7.74. The third-order valence-electron chi connectivity index (χ3n) is 1.91. The van der Waals surface area contributed by atoms with E-state index in [4.69, 9.17) is 10.2 Å². The molecule has 15 heavy (non-hydrogen) atoms. The first-order chi connectivity index (χ1) is 7.02. The highest BCUT2D eigenvalue weighted by molar-refractivity contribution is 5.80. The van der Waals surface area contributed by atoms with Crippen LogP contribution in [0.5, 0.6) is 0 Å². The molecule has 0 fully saturated rings. The van der Waals surface area contributed by atoms with Gasteiger partial charge in [0.2, 0.25) is 0 Å². The van der Waals surface area contributed by atoms with Crippen LogP contribution in [-0.2, 0) is 4.79 Å². The molecule has 0 aromatic heterocycles. The van der Waals surface area contributed by atoms with Gasteiger partial charge in [-0.25, -0.2) is 9.86 Å². The second-order valence-electron chi connectivity index (χ2n) is 2.93. The number of hydroxylamine groups is 1. The molecule has 1 rings (SSSR count). The van der Waals surface area contributed by atoms with E-state index in [1.54, 1.807) is 18.2 Å². The van der Waals surface area contributed by atoms with Gasteiger partial charge in [-0.3, -0.25) is 5.21 Å². The Morgan fingerprint density at radius 1 is 1.33 bits per heavy atom. The number of rotatable bonds is 4. The lowest BCUT2D eigenvalue weighted by Crippen LogP contribution is -2.56. The molecule has 0 aliphatic carbocycles. The molecule has 6 nitrogen and oxygen atoms in total. The minimum atomic E-state index is -2.73. The summed E-state index contributed by atoms with van der Waals surface area (Å²) in [5.41, 5.74) is -2.67. The number of aliphatic hydroxyl groups excluding tert-OH is 1. The molecule has 0 saturated heterocycles. The van der Waals surface area contributed by atoms with Crippen LogP contribution in [0, 0.1) is 0 Å². The Kier molecular flexibility index (Phi) is 3.25. The zero-order chi connectivity index (χ0) is 11.5. The van der Waals surface area contributed by atoms with Crippen molar-refractivity contribution in [2.75, 3.05) is 11.7 Å². The number of nitrogens with zero attached hydrogens (tertiary/aromatic N) is 1. The third-order valence-corrected chi connectivity index (χ3v) is 1.91. The van der Waals surface area contributed by atoms with Crippen LogP contribution in [0.25, 0.3) is 0 Å². The highest BCUT2D eigenvalue weighted by atomic mass is 16.6. The quantitative estimate of drug-likeness (QED) is 0.403. The summed E-state index contributed by atoms with van der Waals surface area (Å²) in [6, 6.07) is 7.56. The molecular weight excluding hydrogens is 202 g/mol. The standard InChI is InChI=1S/C9H11NO5/c11-6-9(14,8(12)13)10(15)7-4-2-1-3-5-7/h1-5,11,14-15H,6H2,(H,12,13). The summed E-state index contributed by atoms with van der Waals surface area (Å²) in [6.45, 7) is -1.13. The van der Waals surface area contributed by atoms with Gasteiger partial charge >= 0.3 is 5.97 Å². The molecule has 0 aliphatic rings. The fourth-order valence-electron chi connectivity index (χ4n) is 1.01. The highest BCUT2D eigenvalue weighted by Crippen LogP contribution is 2.19. The summed E-state index contributed by atoms with van der Waals surface area (Å²) in [5.74, 6) is -1.74. The van der Waals surface area contributed by atoms with Crippen LogP contribution >= 0.6 is 0 Å². The maximum Gasteiger partial charge on any atom is 0.362 e. The predicted molar refractivity (Wildman–Crippen MR) is 50.4 cm³/mol. The molecule has 1 atom stereocenters. The fourth-order valence-corrected chi connectivity index (χ4v) is 1.01. The SMILES string of the molecule is O=C(O)C(O)(CO)N(O)c1ccccc1. The summed E-state index contributed by atoms with van der Waals surface area (Å²) in [4.78, 5) is 10.7. The number of hydrogen-bond acceptors (Lipinski definition) is 5. The molecule has 6 heteroatoms. The summed E-state index contributed by atoms with van der Waals surface area (Å²) < 4.78 is 0. The van der Waals surface area contributed by atoms with Gasteiger partial charge in [0.05, 0.1) is 5.69 Å². The average Bonchev–Trinajstić information content (AvgIpc) is 2.28. The molecule has 0 amide bonds. The molecule has 4 N–H and O–H groups in total. The van der Waals surface area contributed by atoms with Gasteiger partial charge in [-0.1, -0.05) is 18.2 Å². The van der Waals surface area contributed by atoms with Crippen molar-refractivity contribution in [3.05, 3.63) is 30.3 Å². The number of carbonyl (C=O) groups is 1. The maximum atomic E-state index is 10.7. The van der Waals surface area contributed by atoms with Gasteiger partial charge in [-0.2, -0.15) is 0 Å². The summed E-state index contributed by atoms with van der Waals surface area (Å²) in [5, 5.41) is 36.4. The van der Waals surface area contributed by atoms with Crippen LogP contribution in [-0.4, -0.2) is 38.8 Å². The van der Waals surface area contributed by atoms with Crippen molar-refractivity contribution in [1.29, 1.82) is 0 Å². The van der Waals surface area contributed by atoms with E-state index >= 15 is 0 Å². The van der Waals surface area contributed by atoms with E-state index in [9.17, 15) is 15.1 Å². The van der Waals surface area contributed by atoms with Gasteiger partial charge in [0, 0.05) is 0 Å². The van der Waals surface area contributed by atoms with Gasteiger partial charge in [0.1, 0.15) is 6.61 Å². The first kappa shape index (κ1) is 11.4. The first-order valence-electron chi connectivity index (χ1n) is 4.13. The number of para-hydroxylation sites is 1. The van der Waals surface area contributed by atoms with E-state index in [2.05, 4.69) is 0 Å². The zero-order valence-corrected chi connectivity index (χ0v) is 7.74. The molecule has 0 radical (unpaired) electrons. The van der Waals surface area contributed by atoms with Gasteiger partial charge in [0.15, 0.2) is 0 Å². The molecular formula is C9H11NO5. The molecule has 0 saturated carbocycles. The molecule has 1 unspecified atom stereocenters. The predicted octanol–water partition coefficient (Wildman–Crippen LogP) is -0.352. The topological polar surface area (TPSA) is 101 Å². The number of anilines is 1. The van der Waals surface area contributed by atoms with Crippen LogP contribution in [0.3, 0.4) is 0 Å². The summed E-state index contributed by atoms with van der Waals surface area (Å²) in [6.07, 6.45) is 0. The molecule has 1 aromatic rings. The molecule has 0 bridgehead atoms. The smallest absolute Gasteiger partial charge is 0.362 e. The lowest BCUT2D eigenvalue weighted by molar-refractivity contribution is -0.171. The van der Waals surface area contributed by atoms with Crippen molar-refractivity contribution in [3.63, 3.8) is 0 Å². The van der Waals surface area contributed by atoms with Gasteiger partial charge in [-0.05, 0) is 12.1 Å². The Labute approximate surface area is 85.6 Å². The van der Waals surface area contributed by atoms with Crippen LogP contribution in [0.15, 0.2) is 30.3 Å². The van der Waals surface area contributed by atoms with Crippen molar-refractivity contribution in [2.45, 2.75) is 5.72 Å². The fraction of sp³-hybridized carbons (Fsp3) is 0.222. The van der Waals surface area contributed by atoms with E-state index in [1.165, 1.54) is 12.1 Å². The van der Waals surface area contributed by atoms with E-state index in [1.807, 2.05) is 0 Å². The van der Waals surface area contributed by atoms with Crippen LogP contribution in [0.2, 0.25) is 0 Å². The van der Waals surface area contributed by atoms with E-state index in [0.717, 1.165) is 0 Å². The van der Waals surface area contributed by atoms with Gasteiger partial charge < -0.3 is 15.3 Å². The minimum Gasteiger partial charge on any atom is -0.478 e. The second-order valence-corrected chi connectivity index (χ2v) is 2.93. The number of carboxylic acids is 1. The second kappa shape index (κ2) is 4.26. The van der Waals surface area contributed by atoms with E-state index in [0.29, 0.717) is 0 Å². The maximum absolute atomic E-state index is 10.7. The Bertz CT molecular complexity index is 342. The Morgan fingerprint density at radius 2 is 1.87 bits per heavy atom. The molecule has 0 aliphatic heterocycles. The number of aliphatic carboxylic acids is 1. The van der Waals surface area contributed by atoms with Crippen molar-refractivity contribution < 1.29 is 25.3 Å². The first-order valence-corrected chi connectivity index (χ1v) is 4.13. The highest BCUT2D eigenvalue weighted by Gasteiger charge is 2.42. The number of carboxylic acid groups (broad SMARTS) is 1. The number of benzene rings is 1. The van der Waals surface area contributed by atoms with Crippen LogP contribution < -0.4 is 5.06 Å². The lowest BCUT2D eigenvalue weighted by Gasteiger charge is -2.30. The van der Waals surface area contributed by atoms with Crippen LogP contribution in [0.4, 0.5) is 5.69 Å². The molecule has 1 aromatic carbocycles. The van der Waals surface area contributed by atoms with Crippen molar-refractivity contribution in [2.24, 2.45) is 0 Å². The Balaban J connectivity index is 3.02. The lowest BCUT2D eigenvalue weighted by atomic mass is 10.2. The summed E-state index contributed by atoms with van der Waals surface area (Å²) >= 11 is 0. The molecule has 82 valence electrons. The van der Waals surface area contributed by atoms with Crippen molar-refractivity contribution in [3.8, 4) is 0 Å². The monoisotopic (exact) mass is 213 g/mol. The summed E-state index contributed by atoms with van der Waals surface area (Å²) in [7, 11) is 0. The third kappa shape index (κ3) is 2.07. The number of hydrogen-bond donors (Lipinski definition) is 4. The normalized spacial score (nSPS) is 14.3. The van der Waals surface area contributed by atoms with E-state index < -0.39 is 18.3 Å². The molecule has 0 spiro atoms. The van der Waals surface area contributed by atoms with Crippen molar-refractivity contribution >= 4 is 11.7 Å². The van der Waals surface area contributed by atoms with Crippen LogP contribution in [0.1, 0.15) is 0 Å². The average molecular weight is 213 g/mol. The van der Waals surface area contributed by atoms with Crippen molar-refractivity contribution in [1.82, 2.24) is 0 Å². The molecule has 0 heterocycles. The van der Waals surface area contributed by atoms with E-state index in [-0.39, 0.29) is 10.8 Å². The minimum absolute atomic E-state index is 0.0662. The van der Waals surface area contributed by atoms with Gasteiger partial charge in [-0.15, -0.1) is 0 Å². The Hall–Kier alpha value is -1.63.